The molecule has 0 N–H and O–H groups in total. The molecule has 0 saturated carbocycles. The molecule has 74 valence electrons. The molecule has 1 heterocycles. The number of halogens is 4. The third-order valence-corrected chi connectivity index (χ3v) is 1.64. The van der Waals surface area contributed by atoms with E-state index in [1.54, 1.807) is 6.07 Å². The van der Waals surface area contributed by atoms with Gasteiger partial charge in [-0.2, -0.15) is 8.78 Å². The van der Waals surface area contributed by atoms with Crippen molar-refractivity contribution in [3.8, 4) is 0 Å². The van der Waals surface area contributed by atoms with Crippen molar-refractivity contribution in [3.05, 3.63) is 30.1 Å². The third kappa shape index (κ3) is 3.44. The molecule has 0 aliphatic heterocycles. The van der Waals surface area contributed by atoms with Crippen LogP contribution in [-0.4, -0.2) is 10.9 Å². The fourth-order valence-electron chi connectivity index (χ4n) is 0.826. The van der Waals surface area contributed by atoms with Crippen LogP contribution in [0.5, 0.6) is 0 Å². The van der Waals surface area contributed by atoms with Gasteiger partial charge in [0, 0.05) is 18.5 Å². The summed E-state index contributed by atoms with van der Waals surface area (Å²) >= 11 is 5.23. The molecule has 0 aliphatic rings. The van der Waals surface area contributed by atoms with Crippen molar-refractivity contribution in [1.82, 2.24) is 4.98 Å². The van der Waals surface area contributed by atoms with Crippen molar-refractivity contribution in [2.24, 2.45) is 0 Å². The zero-order valence-corrected chi connectivity index (χ0v) is 8.29. The molecule has 0 aromatic carbocycles. The minimum atomic E-state index is -2.90. The van der Waals surface area contributed by atoms with Gasteiger partial charge in [-0.1, -0.05) is 6.07 Å². The van der Waals surface area contributed by atoms with Gasteiger partial charge in [-0.25, -0.2) is 0 Å². The van der Waals surface area contributed by atoms with Crippen molar-refractivity contribution in [1.29, 1.82) is 0 Å². The average Bonchev–Trinajstić information content (AvgIpc) is 2.06. The molecule has 0 saturated heterocycles. The van der Waals surface area contributed by atoms with Crippen LogP contribution in [0, 0.1) is 0 Å². The molecule has 1 aromatic rings. The Hall–Kier alpha value is -0.410. The van der Waals surface area contributed by atoms with Gasteiger partial charge in [0.15, 0.2) is 0 Å². The van der Waals surface area contributed by atoms with E-state index < -0.39 is 5.92 Å². The Balaban J connectivity index is 0.00000144. The van der Waals surface area contributed by atoms with E-state index in [2.05, 4.69) is 4.98 Å². The largest absolute Gasteiger partial charge is 0.290 e. The standard InChI is InChI=1S/C8H8ClF2N.ClH/c9-5-4-8(10,11)7-3-1-2-6-12-7;/h1-3,6H,4-5H2;1H. The molecule has 1 nitrogen and oxygen atoms in total. The minimum absolute atomic E-state index is 0. The van der Waals surface area contributed by atoms with Gasteiger partial charge in [-0.3, -0.25) is 4.98 Å². The van der Waals surface area contributed by atoms with Gasteiger partial charge in [0.05, 0.1) is 0 Å². The Bertz CT molecular complexity index is 241. The summed E-state index contributed by atoms with van der Waals surface area (Å²) in [7, 11) is 0. The number of hydrogen-bond donors (Lipinski definition) is 0. The van der Waals surface area contributed by atoms with Crippen LogP contribution >= 0.6 is 24.0 Å². The van der Waals surface area contributed by atoms with Crippen molar-refractivity contribution in [3.63, 3.8) is 0 Å². The second kappa shape index (κ2) is 5.35. The van der Waals surface area contributed by atoms with E-state index in [-0.39, 0.29) is 30.4 Å². The van der Waals surface area contributed by atoms with Crippen LogP contribution in [0.2, 0.25) is 0 Å². The predicted molar refractivity (Wildman–Crippen MR) is 50.7 cm³/mol. The number of hydrogen-bond acceptors (Lipinski definition) is 1. The number of nitrogens with zero attached hydrogens (tertiary/aromatic N) is 1. The molecule has 1 aromatic heterocycles. The molecule has 0 aliphatic carbocycles. The molecule has 0 atom stereocenters. The van der Waals surface area contributed by atoms with Crippen molar-refractivity contribution < 1.29 is 8.78 Å². The lowest BCUT2D eigenvalue weighted by molar-refractivity contribution is -0.0118. The first-order chi connectivity index (χ1) is 5.67. The van der Waals surface area contributed by atoms with E-state index >= 15 is 0 Å². The number of aromatic nitrogens is 1. The summed E-state index contributed by atoms with van der Waals surface area (Å²) in [5.74, 6) is -2.97. The normalized spacial score (nSPS) is 10.7. The van der Waals surface area contributed by atoms with Crippen LogP contribution < -0.4 is 0 Å². The first kappa shape index (κ1) is 12.6. The number of pyridine rings is 1. The van der Waals surface area contributed by atoms with Gasteiger partial charge in [0.25, 0.3) is 5.92 Å². The minimum Gasteiger partial charge on any atom is -0.255 e. The van der Waals surface area contributed by atoms with Crippen molar-refractivity contribution >= 4 is 24.0 Å². The van der Waals surface area contributed by atoms with Gasteiger partial charge < -0.3 is 0 Å². The van der Waals surface area contributed by atoms with Crippen LogP contribution in [0.3, 0.4) is 0 Å². The summed E-state index contributed by atoms with van der Waals surface area (Å²) in [4.78, 5) is 3.56. The van der Waals surface area contributed by atoms with E-state index in [1.807, 2.05) is 0 Å². The van der Waals surface area contributed by atoms with Crippen LogP contribution in [0.25, 0.3) is 0 Å². The molecular weight excluding hydrogens is 219 g/mol. The van der Waals surface area contributed by atoms with Crippen molar-refractivity contribution in [2.75, 3.05) is 5.88 Å². The van der Waals surface area contributed by atoms with Gasteiger partial charge in [0.1, 0.15) is 5.69 Å². The van der Waals surface area contributed by atoms with Crippen LogP contribution in [0.15, 0.2) is 24.4 Å². The maximum Gasteiger partial charge on any atom is 0.290 e. The quantitative estimate of drug-likeness (QED) is 0.723. The maximum absolute atomic E-state index is 13.0. The van der Waals surface area contributed by atoms with E-state index in [9.17, 15) is 8.78 Å². The summed E-state index contributed by atoms with van der Waals surface area (Å²) in [5.41, 5.74) is -0.217. The average molecular weight is 228 g/mol. The second-order valence-electron chi connectivity index (χ2n) is 2.36. The summed E-state index contributed by atoms with van der Waals surface area (Å²) in [6, 6.07) is 4.43. The van der Waals surface area contributed by atoms with E-state index in [0.717, 1.165) is 0 Å². The lowest BCUT2D eigenvalue weighted by atomic mass is 10.2. The Morgan fingerprint density at radius 3 is 2.54 bits per heavy atom. The topological polar surface area (TPSA) is 12.9 Å². The number of alkyl halides is 3. The van der Waals surface area contributed by atoms with Gasteiger partial charge >= 0.3 is 0 Å². The maximum atomic E-state index is 13.0. The first-order valence-corrected chi connectivity index (χ1v) is 4.05. The molecule has 0 radical (unpaired) electrons. The Morgan fingerprint density at radius 2 is 2.08 bits per heavy atom. The molecule has 0 amide bonds. The summed E-state index contributed by atoms with van der Waals surface area (Å²) in [6.45, 7) is 0. The Labute approximate surface area is 86.5 Å². The van der Waals surface area contributed by atoms with E-state index in [0.29, 0.717) is 0 Å². The fourth-order valence-corrected chi connectivity index (χ4v) is 1.06. The van der Waals surface area contributed by atoms with Gasteiger partial charge in [-0.05, 0) is 12.1 Å². The molecular formula is C8H9Cl2F2N. The van der Waals surface area contributed by atoms with Gasteiger partial charge in [-0.15, -0.1) is 24.0 Å². The molecule has 13 heavy (non-hydrogen) atoms. The highest BCUT2D eigenvalue weighted by Crippen LogP contribution is 2.29. The predicted octanol–water partition coefficient (Wildman–Crippen LogP) is 3.22. The molecule has 5 heteroatoms. The van der Waals surface area contributed by atoms with Crippen LogP contribution in [0.1, 0.15) is 12.1 Å². The third-order valence-electron chi connectivity index (χ3n) is 1.45. The van der Waals surface area contributed by atoms with Gasteiger partial charge in [0.2, 0.25) is 0 Å². The summed E-state index contributed by atoms with van der Waals surface area (Å²) < 4.78 is 26.0. The molecule has 0 spiro atoms. The summed E-state index contributed by atoms with van der Waals surface area (Å²) in [5, 5.41) is 0. The van der Waals surface area contributed by atoms with Crippen LogP contribution in [-0.2, 0) is 5.92 Å². The zero-order valence-electron chi connectivity index (χ0n) is 6.71. The summed E-state index contributed by atoms with van der Waals surface area (Å²) in [6.07, 6.45) is 0.975. The Kier molecular flexibility index (Phi) is 5.18. The highest BCUT2D eigenvalue weighted by Gasteiger charge is 2.31. The lowest BCUT2D eigenvalue weighted by Gasteiger charge is -2.13. The van der Waals surface area contributed by atoms with E-state index in [4.69, 9.17) is 11.6 Å². The van der Waals surface area contributed by atoms with Crippen molar-refractivity contribution in [2.45, 2.75) is 12.3 Å². The Morgan fingerprint density at radius 1 is 1.38 bits per heavy atom. The number of rotatable bonds is 3. The molecule has 0 bridgehead atoms. The SMILES string of the molecule is Cl.FC(F)(CCCl)c1ccccn1. The molecule has 0 fully saturated rings. The van der Waals surface area contributed by atoms with Crippen LogP contribution in [0.4, 0.5) is 8.78 Å². The van der Waals surface area contributed by atoms with E-state index in [1.165, 1.54) is 18.3 Å². The smallest absolute Gasteiger partial charge is 0.255 e. The fraction of sp³-hybridized carbons (Fsp3) is 0.375. The second-order valence-corrected chi connectivity index (χ2v) is 2.74. The molecule has 1 rings (SSSR count). The highest BCUT2D eigenvalue weighted by molar-refractivity contribution is 6.17. The highest BCUT2D eigenvalue weighted by atomic mass is 35.5. The lowest BCUT2D eigenvalue weighted by Crippen LogP contribution is -2.15. The first-order valence-electron chi connectivity index (χ1n) is 3.52. The molecule has 0 unspecified atom stereocenters. The monoisotopic (exact) mass is 227 g/mol. The zero-order chi connectivity index (χ0) is 9.03.